The van der Waals surface area contributed by atoms with E-state index >= 15 is 0 Å². The van der Waals surface area contributed by atoms with E-state index in [9.17, 15) is 0 Å². The lowest BCUT2D eigenvalue weighted by molar-refractivity contribution is 0.171. The van der Waals surface area contributed by atoms with Crippen LogP contribution >= 0.6 is 11.3 Å². The molecule has 0 unspecified atom stereocenters. The Balaban J connectivity index is 1.40. The molecule has 2 aliphatic rings. The van der Waals surface area contributed by atoms with Crippen LogP contribution in [0.1, 0.15) is 34.7 Å². The summed E-state index contributed by atoms with van der Waals surface area (Å²) in [6, 6.07) is 6.10. The van der Waals surface area contributed by atoms with Gasteiger partial charge in [-0.15, -0.1) is 11.3 Å². The van der Waals surface area contributed by atoms with Crippen LogP contribution in [-0.2, 0) is 19.4 Å². The monoisotopic (exact) mass is 433 g/mol. The number of hydrogen-bond acceptors (Lipinski definition) is 7. The Labute approximate surface area is 184 Å². The summed E-state index contributed by atoms with van der Waals surface area (Å²) in [5, 5.41) is 4.77. The molecule has 0 spiro atoms. The average Bonchev–Trinajstić information content (AvgIpc) is 3.40. The molecule has 1 aromatic carbocycles. The highest BCUT2D eigenvalue weighted by Crippen LogP contribution is 2.39. The fourth-order valence-electron chi connectivity index (χ4n) is 4.35. The number of aromatic nitrogens is 4. The zero-order valence-corrected chi connectivity index (χ0v) is 18.2. The van der Waals surface area contributed by atoms with Crippen molar-refractivity contribution in [2.75, 3.05) is 18.5 Å². The third-order valence-corrected chi connectivity index (χ3v) is 7.10. The van der Waals surface area contributed by atoms with E-state index in [0.29, 0.717) is 25.7 Å². The van der Waals surface area contributed by atoms with Crippen molar-refractivity contribution in [2.45, 2.75) is 39.2 Å². The molecule has 1 aliphatic heterocycles. The lowest BCUT2D eigenvalue weighted by atomic mass is 9.97. The minimum atomic E-state index is 0.588. The van der Waals surface area contributed by atoms with Crippen LogP contribution in [0, 0.1) is 6.92 Å². The molecule has 4 heterocycles. The predicted octanol–water partition coefficient (Wildman–Crippen LogP) is 4.45. The van der Waals surface area contributed by atoms with Gasteiger partial charge in [-0.2, -0.15) is 4.98 Å². The van der Waals surface area contributed by atoms with Gasteiger partial charge >= 0.3 is 0 Å². The Morgan fingerprint density at radius 3 is 2.84 bits per heavy atom. The van der Waals surface area contributed by atoms with Crippen LogP contribution in [-0.4, -0.2) is 32.7 Å². The fraction of sp³-hybridized carbons (Fsp3) is 0.348. The molecule has 31 heavy (non-hydrogen) atoms. The maximum absolute atomic E-state index is 5.74. The summed E-state index contributed by atoms with van der Waals surface area (Å²) in [7, 11) is 0. The number of thiophene rings is 1. The smallest absolute Gasteiger partial charge is 0.238 e. The van der Waals surface area contributed by atoms with Crippen LogP contribution in [0.2, 0.25) is 0 Å². The second-order valence-electron chi connectivity index (χ2n) is 7.94. The molecular weight excluding hydrogens is 410 g/mol. The number of ether oxygens (including phenoxy) is 2. The molecule has 0 fully saturated rings. The van der Waals surface area contributed by atoms with Crippen molar-refractivity contribution in [2.24, 2.45) is 0 Å². The Kier molecular flexibility index (Phi) is 4.52. The van der Waals surface area contributed by atoms with E-state index in [1.807, 2.05) is 41.2 Å². The van der Waals surface area contributed by atoms with Crippen LogP contribution in [0.15, 0.2) is 30.6 Å². The van der Waals surface area contributed by atoms with Crippen LogP contribution in [0.25, 0.3) is 16.2 Å². The Morgan fingerprint density at radius 2 is 1.97 bits per heavy atom. The van der Waals surface area contributed by atoms with Crippen molar-refractivity contribution >= 4 is 27.4 Å². The summed E-state index contributed by atoms with van der Waals surface area (Å²) in [5.74, 6) is 4.04. The van der Waals surface area contributed by atoms with Crippen molar-refractivity contribution in [1.82, 2.24) is 19.5 Å². The maximum atomic E-state index is 5.74. The van der Waals surface area contributed by atoms with Gasteiger partial charge < -0.3 is 14.8 Å². The molecule has 0 atom stereocenters. The van der Waals surface area contributed by atoms with Crippen LogP contribution in [0.3, 0.4) is 0 Å². The fourth-order valence-corrected chi connectivity index (χ4v) is 5.61. The minimum Gasteiger partial charge on any atom is -0.486 e. The SMILES string of the molecule is Cc1nccn1-c1nc(NCc2ccc3c(c2)OCCO3)c2c3c(sc2n1)CCCC3. The third-order valence-electron chi connectivity index (χ3n) is 5.91. The van der Waals surface area contributed by atoms with Gasteiger partial charge in [0.1, 0.15) is 29.7 Å². The Morgan fingerprint density at radius 1 is 1.10 bits per heavy atom. The van der Waals surface area contributed by atoms with E-state index in [1.165, 1.54) is 28.7 Å². The van der Waals surface area contributed by atoms with Gasteiger partial charge in [-0.3, -0.25) is 4.57 Å². The summed E-state index contributed by atoms with van der Waals surface area (Å²) in [4.78, 5) is 16.7. The minimum absolute atomic E-state index is 0.588. The molecule has 0 amide bonds. The third kappa shape index (κ3) is 3.31. The second-order valence-corrected chi connectivity index (χ2v) is 9.02. The van der Waals surface area contributed by atoms with Gasteiger partial charge in [0.05, 0.1) is 5.39 Å². The molecule has 0 bridgehead atoms. The molecule has 8 heteroatoms. The maximum Gasteiger partial charge on any atom is 0.238 e. The zero-order chi connectivity index (χ0) is 20.8. The summed E-state index contributed by atoms with van der Waals surface area (Å²) < 4.78 is 13.3. The lowest BCUT2D eigenvalue weighted by Crippen LogP contribution is -2.15. The summed E-state index contributed by atoms with van der Waals surface area (Å²) in [5.41, 5.74) is 2.55. The molecule has 7 nitrogen and oxygen atoms in total. The standard InChI is InChI=1S/C23H23N5O2S/c1-14-24-8-9-28(14)23-26-21(20-16-4-2-3-5-19(16)31-22(20)27-23)25-13-15-6-7-17-18(12-15)30-11-10-29-17/h6-9,12H,2-5,10-11,13H2,1H3,(H,25,26,27). The number of aryl methyl sites for hydroxylation is 3. The van der Waals surface area contributed by atoms with Gasteiger partial charge in [0.25, 0.3) is 0 Å². The molecule has 158 valence electrons. The van der Waals surface area contributed by atoms with E-state index in [2.05, 4.69) is 16.4 Å². The predicted molar refractivity (Wildman–Crippen MR) is 121 cm³/mol. The number of fused-ring (bicyclic) bond motifs is 4. The number of anilines is 1. The number of imidazole rings is 1. The first-order valence-corrected chi connectivity index (χ1v) is 11.5. The number of benzene rings is 1. The average molecular weight is 434 g/mol. The quantitative estimate of drug-likeness (QED) is 0.513. The summed E-state index contributed by atoms with van der Waals surface area (Å²) >= 11 is 1.81. The van der Waals surface area contributed by atoms with E-state index in [4.69, 9.17) is 19.4 Å². The largest absolute Gasteiger partial charge is 0.486 e. The van der Waals surface area contributed by atoms with Crippen LogP contribution < -0.4 is 14.8 Å². The molecule has 1 N–H and O–H groups in total. The first-order chi connectivity index (χ1) is 15.3. The van der Waals surface area contributed by atoms with Crippen molar-refractivity contribution in [1.29, 1.82) is 0 Å². The van der Waals surface area contributed by atoms with Gasteiger partial charge in [-0.25, -0.2) is 9.97 Å². The highest BCUT2D eigenvalue weighted by Gasteiger charge is 2.22. The topological polar surface area (TPSA) is 74.1 Å². The Hall–Kier alpha value is -3.13. The van der Waals surface area contributed by atoms with Crippen LogP contribution in [0.4, 0.5) is 5.82 Å². The van der Waals surface area contributed by atoms with Crippen molar-refractivity contribution < 1.29 is 9.47 Å². The van der Waals surface area contributed by atoms with Gasteiger partial charge in [0.2, 0.25) is 5.95 Å². The number of hydrogen-bond donors (Lipinski definition) is 1. The molecule has 0 saturated carbocycles. The second kappa shape index (κ2) is 7.53. The van der Waals surface area contributed by atoms with Crippen LogP contribution in [0.5, 0.6) is 11.5 Å². The van der Waals surface area contributed by atoms with Gasteiger partial charge in [0.15, 0.2) is 11.5 Å². The normalized spacial score (nSPS) is 15.1. The number of nitrogens with zero attached hydrogens (tertiary/aromatic N) is 4. The van der Waals surface area contributed by atoms with Gasteiger partial charge in [0, 0.05) is 23.8 Å². The molecular formula is C23H23N5O2S. The molecule has 0 radical (unpaired) electrons. The highest BCUT2D eigenvalue weighted by atomic mass is 32.1. The van der Waals surface area contributed by atoms with Crippen molar-refractivity contribution in [3.63, 3.8) is 0 Å². The zero-order valence-electron chi connectivity index (χ0n) is 17.4. The molecule has 6 rings (SSSR count). The van der Waals surface area contributed by atoms with Gasteiger partial charge in [-0.1, -0.05) is 6.07 Å². The molecule has 3 aromatic heterocycles. The van der Waals surface area contributed by atoms with E-state index < -0.39 is 0 Å². The van der Waals surface area contributed by atoms with Crippen molar-refractivity contribution in [3.8, 4) is 17.4 Å². The van der Waals surface area contributed by atoms with E-state index in [1.54, 1.807) is 6.20 Å². The van der Waals surface area contributed by atoms with E-state index in [0.717, 1.165) is 46.4 Å². The van der Waals surface area contributed by atoms with E-state index in [-0.39, 0.29) is 0 Å². The number of rotatable bonds is 4. The first kappa shape index (κ1) is 18.6. The summed E-state index contributed by atoms with van der Waals surface area (Å²) in [6.07, 6.45) is 8.40. The lowest BCUT2D eigenvalue weighted by Gasteiger charge is -2.19. The molecule has 4 aromatic rings. The Bertz CT molecular complexity index is 1280. The molecule has 0 saturated heterocycles. The number of nitrogens with one attached hydrogen (secondary N) is 1. The van der Waals surface area contributed by atoms with Gasteiger partial charge in [-0.05, 0) is 55.9 Å². The highest BCUT2D eigenvalue weighted by molar-refractivity contribution is 7.19. The first-order valence-electron chi connectivity index (χ1n) is 10.7. The molecule has 1 aliphatic carbocycles. The van der Waals surface area contributed by atoms with Crippen molar-refractivity contribution in [3.05, 3.63) is 52.4 Å². The summed E-state index contributed by atoms with van der Waals surface area (Å²) in [6.45, 7) is 3.80.